The van der Waals surface area contributed by atoms with E-state index in [1.807, 2.05) is 35.2 Å². The van der Waals surface area contributed by atoms with E-state index in [1.54, 1.807) is 0 Å². The van der Waals surface area contributed by atoms with Crippen molar-refractivity contribution >= 4 is 12.4 Å². The van der Waals surface area contributed by atoms with Gasteiger partial charge in [-0.05, 0) is 49.5 Å². The molecule has 1 aromatic carbocycles. The average molecular weight is 315 g/mol. The molecular formula is C19H25NO3. The van der Waals surface area contributed by atoms with E-state index < -0.39 is 0 Å². The summed E-state index contributed by atoms with van der Waals surface area (Å²) in [5.74, 6) is 0.259. The molecule has 1 aromatic rings. The van der Waals surface area contributed by atoms with Crippen LogP contribution in [0, 0.1) is 11.3 Å². The van der Waals surface area contributed by atoms with Gasteiger partial charge in [0.25, 0.3) is 0 Å². The molecule has 1 saturated carbocycles. The second-order valence-corrected chi connectivity index (χ2v) is 7.00. The zero-order valence-electron chi connectivity index (χ0n) is 13.6. The zero-order chi connectivity index (χ0) is 16.1. The fourth-order valence-electron chi connectivity index (χ4n) is 3.86. The van der Waals surface area contributed by atoms with Gasteiger partial charge in [0.15, 0.2) is 0 Å². The standard InChI is InChI=1S/C19H25NO3/c21-14-16-6-8-19(9-7-16)10-12-20(13-11-19)18(22)23-15-17-4-2-1-3-5-17/h1-5,14,16H,6-13,15H2. The molecular weight excluding hydrogens is 290 g/mol. The highest BCUT2D eigenvalue weighted by molar-refractivity contribution is 5.67. The van der Waals surface area contributed by atoms with Gasteiger partial charge in [0, 0.05) is 19.0 Å². The number of amides is 1. The van der Waals surface area contributed by atoms with Crippen LogP contribution in [0.5, 0.6) is 0 Å². The van der Waals surface area contributed by atoms with Crippen LogP contribution in [0.4, 0.5) is 4.79 Å². The van der Waals surface area contributed by atoms with Crippen LogP contribution in [0.25, 0.3) is 0 Å². The summed E-state index contributed by atoms with van der Waals surface area (Å²) in [5.41, 5.74) is 1.37. The summed E-state index contributed by atoms with van der Waals surface area (Å²) in [5, 5.41) is 0. The summed E-state index contributed by atoms with van der Waals surface area (Å²) in [6.07, 6.45) is 7.28. The maximum Gasteiger partial charge on any atom is 0.410 e. The van der Waals surface area contributed by atoms with Gasteiger partial charge in [0.2, 0.25) is 0 Å². The molecule has 1 spiro atoms. The van der Waals surface area contributed by atoms with Gasteiger partial charge in [-0.15, -0.1) is 0 Å². The van der Waals surface area contributed by atoms with E-state index in [4.69, 9.17) is 4.74 Å². The van der Waals surface area contributed by atoms with Crippen molar-refractivity contribution in [1.29, 1.82) is 0 Å². The normalized spacial score (nSPS) is 21.1. The molecule has 4 heteroatoms. The number of carbonyl (C=O) groups is 2. The third kappa shape index (κ3) is 3.92. The summed E-state index contributed by atoms with van der Waals surface area (Å²) in [4.78, 5) is 24.9. The highest BCUT2D eigenvalue weighted by Crippen LogP contribution is 2.45. The molecule has 2 fully saturated rings. The smallest absolute Gasteiger partial charge is 0.410 e. The van der Waals surface area contributed by atoms with Crippen molar-refractivity contribution in [2.45, 2.75) is 45.1 Å². The van der Waals surface area contributed by atoms with Crippen LogP contribution in [-0.2, 0) is 16.1 Å². The molecule has 1 heterocycles. The highest BCUT2D eigenvalue weighted by atomic mass is 16.6. The van der Waals surface area contributed by atoms with Gasteiger partial charge in [-0.2, -0.15) is 0 Å². The molecule has 0 N–H and O–H groups in total. The van der Waals surface area contributed by atoms with Crippen molar-refractivity contribution < 1.29 is 14.3 Å². The molecule has 4 nitrogen and oxygen atoms in total. The first-order valence-electron chi connectivity index (χ1n) is 8.62. The van der Waals surface area contributed by atoms with Gasteiger partial charge in [-0.1, -0.05) is 30.3 Å². The number of piperidine rings is 1. The Morgan fingerprint density at radius 2 is 1.78 bits per heavy atom. The minimum atomic E-state index is -0.203. The second kappa shape index (κ2) is 7.16. The van der Waals surface area contributed by atoms with Crippen molar-refractivity contribution in [3.05, 3.63) is 35.9 Å². The predicted octanol–water partition coefficient (Wildman–Crippen LogP) is 3.79. The summed E-state index contributed by atoms with van der Waals surface area (Å²) in [6.45, 7) is 1.89. The average Bonchev–Trinajstić information content (AvgIpc) is 2.62. The lowest BCUT2D eigenvalue weighted by Crippen LogP contribution is -2.44. The Hall–Kier alpha value is -1.84. The Balaban J connectivity index is 1.45. The van der Waals surface area contributed by atoms with Gasteiger partial charge in [-0.25, -0.2) is 4.79 Å². The van der Waals surface area contributed by atoms with E-state index in [-0.39, 0.29) is 12.0 Å². The van der Waals surface area contributed by atoms with Crippen LogP contribution in [0.1, 0.15) is 44.1 Å². The molecule has 124 valence electrons. The highest BCUT2D eigenvalue weighted by Gasteiger charge is 2.39. The number of carbonyl (C=O) groups excluding carboxylic acids is 2. The lowest BCUT2D eigenvalue weighted by molar-refractivity contribution is -0.112. The van der Waals surface area contributed by atoms with Crippen LogP contribution in [0.15, 0.2) is 30.3 Å². The molecule has 1 aliphatic heterocycles. The van der Waals surface area contributed by atoms with Gasteiger partial charge in [0.1, 0.15) is 12.9 Å². The van der Waals surface area contributed by atoms with Crippen LogP contribution in [0.2, 0.25) is 0 Å². The largest absolute Gasteiger partial charge is 0.445 e. The summed E-state index contributed by atoms with van der Waals surface area (Å²) in [6, 6.07) is 9.77. The molecule has 0 aromatic heterocycles. The SMILES string of the molecule is O=CC1CCC2(CC1)CCN(C(=O)OCc1ccccc1)CC2. The minimum Gasteiger partial charge on any atom is -0.445 e. The molecule has 2 aliphatic rings. The number of rotatable bonds is 3. The Morgan fingerprint density at radius 3 is 2.39 bits per heavy atom. The molecule has 0 atom stereocenters. The number of benzene rings is 1. The maximum atomic E-state index is 12.2. The molecule has 0 radical (unpaired) electrons. The Morgan fingerprint density at radius 1 is 1.13 bits per heavy atom. The van der Waals surface area contributed by atoms with Crippen LogP contribution in [0.3, 0.4) is 0 Å². The molecule has 23 heavy (non-hydrogen) atoms. The molecule has 3 rings (SSSR count). The van der Waals surface area contributed by atoms with Crippen molar-refractivity contribution in [3.8, 4) is 0 Å². The topological polar surface area (TPSA) is 46.6 Å². The fraction of sp³-hybridized carbons (Fsp3) is 0.579. The van der Waals surface area contributed by atoms with Crippen molar-refractivity contribution in [3.63, 3.8) is 0 Å². The first-order valence-corrected chi connectivity index (χ1v) is 8.62. The monoisotopic (exact) mass is 315 g/mol. The molecule has 0 unspecified atom stereocenters. The van der Waals surface area contributed by atoms with Crippen molar-refractivity contribution in [2.75, 3.05) is 13.1 Å². The number of likely N-dealkylation sites (tertiary alicyclic amines) is 1. The van der Waals surface area contributed by atoms with Gasteiger partial charge in [-0.3, -0.25) is 0 Å². The first kappa shape index (κ1) is 16.0. The number of hydrogen-bond donors (Lipinski definition) is 0. The predicted molar refractivity (Wildman–Crippen MR) is 87.9 cm³/mol. The van der Waals surface area contributed by atoms with E-state index in [0.29, 0.717) is 12.0 Å². The summed E-state index contributed by atoms with van der Waals surface area (Å²) >= 11 is 0. The minimum absolute atomic E-state index is 0.203. The van der Waals surface area contributed by atoms with E-state index >= 15 is 0 Å². The number of nitrogens with zero attached hydrogens (tertiary/aromatic N) is 1. The fourth-order valence-corrected chi connectivity index (χ4v) is 3.86. The third-order valence-electron chi connectivity index (χ3n) is 5.57. The van der Waals surface area contributed by atoms with E-state index in [9.17, 15) is 9.59 Å². The summed E-state index contributed by atoms with van der Waals surface area (Å²) in [7, 11) is 0. The van der Waals surface area contributed by atoms with E-state index in [1.165, 1.54) is 0 Å². The number of aldehydes is 1. The lowest BCUT2D eigenvalue weighted by atomic mass is 9.66. The first-order chi connectivity index (χ1) is 11.2. The second-order valence-electron chi connectivity index (χ2n) is 7.00. The Kier molecular flexibility index (Phi) is 4.99. The molecule has 0 bridgehead atoms. The summed E-state index contributed by atoms with van der Waals surface area (Å²) < 4.78 is 5.42. The quantitative estimate of drug-likeness (QED) is 0.797. The zero-order valence-corrected chi connectivity index (χ0v) is 13.6. The molecule has 1 aliphatic carbocycles. The van der Waals surface area contributed by atoms with E-state index in [2.05, 4.69) is 0 Å². The van der Waals surface area contributed by atoms with Crippen molar-refractivity contribution in [1.82, 2.24) is 4.90 Å². The van der Waals surface area contributed by atoms with Crippen LogP contribution >= 0.6 is 0 Å². The van der Waals surface area contributed by atoms with Crippen LogP contribution in [-0.4, -0.2) is 30.4 Å². The van der Waals surface area contributed by atoms with Crippen LogP contribution < -0.4 is 0 Å². The molecule has 1 amide bonds. The Bertz CT molecular complexity index is 525. The Labute approximate surface area is 137 Å². The molecule has 1 saturated heterocycles. The lowest BCUT2D eigenvalue weighted by Gasteiger charge is -2.44. The van der Waals surface area contributed by atoms with Gasteiger partial charge in [0.05, 0.1) is 0 Å². The van der Waals surface area contributed by atoms with Gasteiger partial charge < -0.3 is 14.4 Å². The number of ether oxygens (including phenoxy) is 1. The van der Waals surface area contributed by atoms with Gasteiger partial charge >= 0.3 is 6.09 Å². The maximum absolute atomic E-state index is 12.2. The van der Waals surface area contributed by atoms with E-state index in [0.717, 1.165) is 63.5 Å². The number of hydrogen-bond acceptors (Lipinski definition) is 3. The third-order valence-corrected chi connectivity index (χ3v) is 5.57. The van der Waals surface area contributed by atoms with Crippen molar-refractivity contribution in [2.24, 2.45) is 11.3 Å².